The number of aryl methyl sites for hydroxylation is 3. The lowest BCUT2D eigenvalue weighted by atomic mass is 10.0. The Balaban J connectivity index is 1.36. The molecule has 1 aliphatic carbocycles. The van der Waals surface area contributed by atoms with Gasteiger partial charge in [0.15, 0.2) is 0 Å². The maximum absolute atomic E-state index is 10.9. The zero-order chi connectivity index (χ0) is 20.7. The van der Waals surface area contributed by atoms with Gasteiger partial charge < -0.3 is 21.1 Å². The number of aliphatic hydroxyl groups is 1. The molecule has 0 amide bonds. The molecule has 30 heavy (non-hydrogen) atoms. The van der Waals surface area contributed by atoms with Crippen LogP contribution in [0.2, 0.25) is 0 Å². The zero-order valence-electron chi connectivity index (χ0n) is 17.4. The van der Waals surface area contributed by atoms with Gasteiger partial charge in [0, 0.05) is 43.0 Å². The number of hydrogen-bond acceptors (Lipinski definition) is 8. The van der Waals surface area contributed by atoms with Crippen LogP contribution in [0.5, 0.6) is 0 Å². The lowest BCUT2D eigenvalue weighted by Gasteiger charge is -2.34. The fourth-order valence-electron chi connectivity index (χ4n) is 4.41. The molecule has 2 unspecified atom stereocenters. The molecule has 0 spiro atoms. The third kappa shape index (κ3) is 3.92. The number of aromatic nitrogens is 2. The predicted molar refractivity (Wildman–Crippen MR) is 121 cm³/mol. The Morgan fingerprint density at radius 3 is 2.70 bits per heavy atom. The molecule has 1 aromatic heterocycles. The van der Waals surface area contributed by atoms with E-state index in [0.717, 1.165) is 61.7 Å². The van der Waals surface area contributed by atoms with Gasteiger partial charge in [0.05, 0.1) is 11.4 Å². The number of benzene rings is 1. The number of aliphatic hydroxyl groups excluding tert-OH is 1. The van der Waals surface area contributed by atoms with Crippen molar-refractivity contribution >= 4 is 29.1 Å². The van der Waals surface area contributed by atoms with Crippen LogP contribution in [0.15, 0.2) is 29.3 Å². The van der Waals surface area contributed by atoms with Gasteiger partial charge in [-0.25, -0.2) is 9.97 Å². The Morgan fingerprint density at radius 2 is 1.93 bits per heavy atom. The highest BCUT2D eigenvalue weighted by Crippen LogP contribution is 2.43. The van der Waals surface area contributed by atoms with Gasteiger partial charge in [-0.1, -0.05) is 17.8 Å². The minimum absolute atomic E-state index is 0.0650. The van der Waals surface area contributed by atoms with Gasteiger partial charge in [-0.3, -0.25) is 4.90 Å². The number of thioether (sulfide) groups is 1. The van der Waals surface area contributed by atoms with E-state index in [1.165, 1.54) is 16.0 Å². The number of fused-ring (bicyclic) bond motifs is 2. The zero-order valence-corrected chi connectivity index (χ0v) is 18.2. The van der Waals surface area contributed by atoms with E-state index in [0.29, 0.717) is 5.95 Å². The van der Waals surface area contributed by atoms with Crippen molar-refractivity contribution in [2.24, 2.45) is 0 Å². The summed E-state index contributed by atoms with van der Waals surface area (Å²) in [6.07, 6.45) is 3.32. The molecule has 0 radical (unpaired) electrons. The molecule has 1 saturated heterocycles. The molecule has 2 aromatic rings. The first kappa shape index (κ1) is 19.8. The highest BCUT2D eigenvalue weighted by Gasteiger charge is 2.36. The first-order valence-electron chi connectivity index (χ1n) is 10.6. The van der Waals surface area contributed by atoms with Gasteiger partial charge in [0.1, 0.15) is 11.6 Å². The summed E-state index contributed by atoms with van der Waals surface area (Å²) in [7, 11) is 0. The summed E-state index contributed by atoms with van der Waals surface area (Å²) in [5.41, 5.74) is 6.59. The van der Waals surface area contributed by atoms with Gasteiger partial charge in [-0.15, -0.1) is 0 Å². The standard InChI is InChI=1S/C22H28N6OS/c1-13-9-14(2)11-16(10-13)25-22-24-12-15-3-4-17-19(18(15)27-22)26-20(30-17)21(29)28-7-5-23-6-8-28/h9-12,20-21,23,26,29H,3-8H2,1-2H3,(H,24,25,27). The number of piperazine rings is 1. The van der Waals surface area contributed by atoms with Crippen molar-refractivity contribution in [2.45, 2.75) is 38.3 Å². The highest BCUT2D eigenvalue weighted by atomic mass is 32.2. The molecule has 7 nitrogen and oxygen atoms in total. The normalized spacial score (nSPS) is 22.3. The molecule has 0 bridgehead atoms. The Labute approximate surface area is 181 Å². The minimum atomic E-state index is -0.513. The van der Waals surface area contributed by atoms with Crippen LogP contribution in [0.25, 0.3) is 5.70 Å². The summed E-state index contributed by atoms with van der Waals surface area (Å²) in [5, 5.41) is 21.1. The molecule has 1 fully saturated rings. The lowest BCUT2D eigenvalue weighted by molar-refractivity contribution is -0.00686. The van der Waals surface area contributed by atoms with Crippen LogP contribution in [0.3, 0.4) is 0 Å². The first-order valence-corrected chi connectivity index (χ1v) is 11.5. The molecule has 5 rings (SSSR count). The van der Waals surface area contributed by atoms with E-state index in [9.17, 15) is 5.11 Å². The molecule has 2 aliphatic heterocycles. The Hall–Kier alpha value is -2.13. The van der Waals surface area contributed by atoms with Crippen LogP contribution >= 0.6 is 11.8 Å². The second kappa shape index (κ2) is 8.19. The topological polar surface area (TPSA) is 85.3 Å². The molecule has 2 atom stereocenters. The Morgan fingerprint density at radius 1 is 1.17 bits per heavy atom. The van der Waals surface area contributed by atoms with E-state index in [1.54, 1.807) is 11.8 Å². The van der Waals surface area contributed by atoms with Crippen molar-refractivity contribution in [3.63, 3.8) is 0 Å². The second-order valence-electron chi connectivity index (χ2n) is 8.25. The molecule has 4 N–H and O–H groups in total. The number of nitrogens with zero attached hydrogens (tertiary/aromatic N) is 3. The summed E-state index contributed by atoms with van der Waals surface area (Å²) in [4.78, 5) is 12.8. The Kier molecular flexibility index (Phi) is 5.41. The summed E-state index contributed by atoms with van der Waals surface area (Å²) in [5.74, 6) is 0.602. The van der Waals surface area contributed by atoms with E-state index in [1.807, 2.05) is 6.20 Å². The molecular formula is C22H28N6OS. The van der Waals surface area contributed by atoms with Crippen LogP contribution in [0.4, 0.5) is 11.6 Å². The number of anilines is 2. The van der Waals surface area contributed by atoms with Crippen LogP contribution < -0.4 is 16.0 Å². The molecular weight excluding hydrogens is 396 g/mol. The Bertz CT molecular complexity index is 967. The maximum Gasteiger partial charge on any atom is 0.227 e. The van der Waals surface area contributed by atoms with Gasteiger partial charge in [0.2, 0.25) is 5.95 Å². The quantitative estimate of drug-likeness (QED) is 0.595. The average Bonchev–Trinajstić information content (AvgIpc) is 3.18. The number of allylic oxidation sites excluding steroid dienone is 1. The van der Waals surface area contributed by atoms with E-state index in [2.05, 4.69) is 57.9 Å². The van der Waals surface area contributed by atoms with Crippen molar-refractivity contribution in [1.29, 1.82) is 0 Å². The molecule has 158 valence electrons. The SMILES string of the molecule is Cc1cc(C)cc(Nc2ncc3c(n2)C2=C(CC3)SC(C(O)N3CCNCC3)N2)c1. The van der Waals surface area contributed by atoms with Crippen LogP contribution in [0.1, 0.15) is 28.8 Å². The summed E-state index contributed by atoms with van der Waals surface area (Å²) >= 11 is 1.75. The molecule has 3 heterocycles. The van der Waals surface area contributed by atoms with Crippen molar-refractivity contribution in [3.05, 3.63) is 51.7 Å². The van der Waals surface area contributed by atoms with Crippen LogP contribution in [0, 0.1) is 13.8 Å². The maximum atomic E-state index is 10.9. The van der Waals surface area contributed by atoms with Crippen molar-refractivity contribution in [1.82, 2.24) is 25.5 Å². The third-order valence-electron chi connectivity index (χ3n) is 5.83. The average molecular weight is 425 g/mol. The van der Waals surface area contributed by atoms with Crippen molar-refractivity contribution < 1.29 is 5.11 Å². The third-order valence-corrected chi connectivity index (χ3v) is 7.14. The summed E-state index contributed by atoms with van der Waals surface area (Å²) in [6.45, 7) is 7.76. The van der Waals surface area contributed by atoms with Gasteiger partial charge in [-0.05, 0) is 55.5 Å². The second-order valence-corrected chi connectivity index (χ2v) is 9.49. The predicted octanol–water partition coefficient (Wildman–Crippen LogP) is 2.34. The van der Waals surface area contributed by atoms with Crippen LogP contribution in [-0.2, 0) is 6.42 Å². The minimum Gasteiger partial charge on any atom is -0.375 e. The van der Waals surface area contributed by atoms with E-state index in [-0.39, 0.29) is 5.37 Å². The van der Waals surface area contributed by atoms with Crippen LogP contribution in [-0.4, -0.2) is 57.8 Å². The van der Waals surface area contributed by atoms with Crippen molar-refractivity contribution in [2.75, 3.05) is 31.5 Å². The molecule has 8 heteroatoms. The van der Waals surface area contributed by atoms with Gasteiger partial charge >= 0.3 is 0 Å². The van der Waals surface area contributed by atoms with Gasteiger partial charge in [0.25, 0.3) is 0 Å². The van der Waals surface area contributed by atoms with E-state index < -0.39 is 6.23 Å². The molecule has 3 aliphatic rings. The lowest BCUT2D eigenvalue weighted by Crippen LogP contribution is -2.53. The summed E-state index contributed by atoms with van der Waals surface area (Å²) in [6, 6.07) is 6.35. The monoisotopic (exact) mass is 424 g/mol. The summed E-state index contributed by atoms with van der Waals surface area (Å²) < 4.78 is 0. The highest BCUT2D eigenvalue weighted by molar-refractivity contribution is 8.04. The number of rotatable bonds is 4. The van der Waals surface area contributed by atoms with E-state index in [4.69, 9.17) is 4.98 Å². The largest absolute Gasteiger partial charge is 0.375 e. The molecule has 0 saturated carbocycles. The first-order chi connectivity index (χ1) is 14.6. The smallest absolute Gasteiger partial charge is 0.227 e. The molecule has 1 aromatic carbocycles. The van der Waals surface area contributed by atoms with Gasteiger partial charge in [-0.2, -0.15) is 0 Å². The van der Waals surface area contributed by atoms with E-state index >= 15 is 0 Å². The van der Waals surface area contributed by atoms with Crippen molar-refractivity contribution in [3.8, 4) is 0 Å². The fraction of sp³-hybridized carbons (Fsp3) is 0.455. The number of nitrogens with one attached hydrogen (secondary N) is 3. The number of hydrogen-bond donors (Lipinski definition) is 4. The fourth-order valence-corrected chi connectivity index (χ4v) is 5.68.